The Morgan fingerprint density at radius 2 is 0.889 bits per heavy atom. The van der Waals surface area contributed by atoms with Crippen LogP contribution in [0, 0.1) is 0 Å². The van der Waals surface area contributed by atoms with E-state index in [4.69, 9.17) is 0 Å². The number of hydrogen-bond donors (Lipinski definition) is 0. The zero-order valence-electron chi connectivity index (χ0n) is 10.1. The van der Waals surface area contributed by atoms with Crippen molar-refractivity contribution in [1.82, 2.24) is 0 Å². The molecule has 0 spiro atoms. The number of rotatable bonds is 2. The Labute approximate surface area is 107 Å². The summed E-state index contributed by atoms with van der Waals surface area (Å²) in [4.78, 5) is 4.20. The van der Waals surface area contributed by atoms with Crippen molar-refractivity contribution in [3.05, 3.63) is 74.1 Å². The van der Waals surface area contributed by atoms with Gasteiger partial charge in [-0.3, -0.25) is 0 Å². The Hall–Kier alpha value is -2.48. The quantitative estimate of drug-likeness (QED) is 0.751. The highest BCUT2D eigenvalue weighted by atomic mass is 15.3. The molecule has 3 rings (SSSR count). The van der Waals surface area contributed by atoms with Crippen LogP contribution in [0.5, 0.6) is 0 Å². The summed E-state index contributed by atoms with van der Waals surface area (Å²) in [5.74, 6) is 0. The summed E-state index contributed by atoms with van der Waals surface area (Å²) < 4.78 is 0. The van der Waals surface area contributed by atoms with Crippen LogP contribution in [0.4, 0.5) is 22.7 Å². The standard InChI is InChI=1S/C16H14N2/c1-3-17-13-9-5-7-11-15(13)18(4-2)16-12-8-6-10-14(16)17/h3-12H,1-2H2. The minimum Gasteiger partial charge on any atom is -0.314 e. The summed E-state index contributed by atoms with van der Waals surface area (Å²) >= 11 is 0. The predicted molar refractivity (Wildman–Crippen MR) is 77.6 cm³/mol. The molecule has 88 valence electrons. The second kappa shape index (κ2) is 4.08. The van der Waals surface area contributed by atoms with Crippen LogP contribution in [0.1, 0.15) is 0 Å². The fraction of sp³-hybridized carbons (Fsp3) is 0. The van der Waals surface area contributed by atoms with E-state index in [2.05, 4.69) is 47.2 Å². The van der Waals surface area contributed by atoms with E-state index in [1.165, 1.54) is 0 Å². The molecule has 2 aromatic rings. The van der Waals surface area contributed by atoms with Crippen LogP contribution in [0.3, 0.4) is 0 Å². The van der Waals surface area contributed by atoms with Crippen LogP contribution in [-0.2, 0) is 0 Å². The second-order valence-electron chi connectivity index (χ2n) is 4.08. The first kappa shape index (κ1) is 10.7. The van der Waals surface area contributed by atoms with Gasteiger partial charge in [0, 0.05) is 12.4 Å². The van der Waals surface area contributed by atoms with Crippen molar-refractivity contribution in [1.29, 1.82) is 0 Å². The van der Waals surface area contributed by atoms with Gasteiger partial charge in [-0.15, -0.1) is 0 Å². The van der Waals surface area contributed by atoms with Gasteiger partial charge in [0.15, 0.2) is 0 Å². The molecule has 1 aliphatic heterocycles. The Morgan fingerprint density at radius 3 is 1.11 bits per heavy atom. The third-order valence-electron chi connectivity index (χ3n) is 3.17. The molecular weight excluding hydrogens is 220 g/mol. The van der Waals surface area contributed by atoms with E-state index in [0.29, 0.717) is 0 Å². The number of anilines is 4. The molecule has 2 nitrogen and oxygen atoms in total. The Balaban J connectivity index is 2.31. The summed E-state index contributed by atoms with van der Waals surface area (Å²) in [6.45, 7) is 7.83. The van der Waals surface area contributed by atoms with Gasteiger partial charge in [0.1, 0.15) is 0 Å². The molecule has 0 amide bonds. The van der Waals surface area contributed by atoms with Crippen molar-refractivity contribution in [2.45, 2.75) is 0 Å². The molecule has 2 aromatic carbocycles. The number of fused-ring (bicyclic) bond motifs is 2. The molecule has 1 heterocycles. The van der Waals surface area contributed by atoms with Crippen molar-refractivity contribution < 1.29 is 0 Å². The molecule has 18 heavy (non-hydrogen) atoms. The van der Waals surface area contributed by atoms with E-state index in [1.807, 2.05) is 36.7 Å². The molecule has 2 heteroatoms. The first-order valence-electron chi connectivity index (χ1n) is 5.88. The average Bonchev–Trinajstić information content (AvgIpc) is 2.44. The van der Waals surface area contributed by atoms with Crippen LogP contribution < -0.4 is 9.80 Å². The largest absolute Gasteiger partial charge is 0.314 e. The normalized spacial score (nSPS) is 12.7. The molecule has 0 aromatic heterocycles. The molecule has 0 atom stereocenters. The smallest absolute Gasteiger partial charge is 0.0697 e. The number of nitrogens with zero attached hydrogens (tertiary/aromatic N) is 2. The summed E-state index contributed by atoms with van der Waals surface area (Å²) in [5.41, 5.74) is 4.47. The van der Waals surface area contributed by atoms with Crippen molar-refractivity contribution in [3.8, 4) is 0 Å². The number of hydrogen-bond acceptors (Lipinski definition) is 2. The minimum absolute atomic E-state index is 1.12. The van der Waals surface area contributed by atoms with Crippen LogP contribution in [0.2, 0.25) is 0 Å². The fourth-order valence-electron chi connectivity index (χ4n) is 2.40. The summed E-state index contributed by atoms with van der Waals surface area (Å²) in [6, 6.07) is 16.5. The van der Waals surface area contributed by atoms with Crippen LogP contribution in [-0.4, -0.2) is 0 Å². The van der Waals surface area contributed by atoms with Crippen molar-refractivity contribution in [2.75, 3.05) is 9.80 Å². The van der Waals surface area contributed by atoms with Crippen molar-refractivity contribution in [2.24, 2.45) is 0 Å². The first-order chi connectivity index (χ1) is 8.86. The Kier molecular flexibility index (Phi) is 2.41. The van der Waals surface area contributed by atoms with Crippen LogP contribution in [0.15, 0.2) is 74.1 Å². The minimum atomic E-state index is 1.12. The van der Waals surface area contributed by atoms with Crippen LogP contribution >= 0.6 is 0 Å². The molecule has 0 saturated carbocycles. The summed E-state index contributed by atoms with van der Waals surface area (Å²) in [7, 11) is 0. The molecule has 0 unspecified atom stereocenters. The van der Waals surface area contributed by atoms with Gasteiger partial charge in [0.05, 0.1) is 22.7 Å². The zero-order valence-corrected chi connectivity index (χ0v) is 10.1. The lowest BCUT2D eigenvalue weighted by Gasteiger charge is -2.36. The highest BCUT2D eigenvalue weighted by molar-refractivity contribution is 5.94. The van der Waals surface area contributed by atoms with E-state index < -0.39 is 0 Å². The topological polar surface area (TPSA) is 6.48 Å². The molecule has 0 bridgehead atoms. The monoisotopic (exact) mass is 234 g/mol. The van der Waals surface area contributed by atoms with Crippen molar-refractivity contribution >= 4 is 22.7 Å². The number of benzene rings is 2. The maximum absolute atomic E-state index is 3.91. The van der Waals surface area contributed by atoms with E-state index >= 15 is 0 Å². The average molecular weight is 234 g/mol. The summed E-state index contributed by atoms with van der Waals surface area (Å²) in [5, 5.41) is 0. The highest BCUT2D eigenvalue weighted by Gasteiger charge is 2.24. The van der Waals surface area contributed by atoms with Crippen molar-refractivity contribution in [3.63, 3.8) is 0 Å². The molecule has 0 aliphatic carbocycles. The Bertz CT molecular complexity index is 514. The molecular formula is C16H14N2. The number of para-hydroxylation sites is 4. The predicted octanol–water partition coefficient (Wildman–Crippen LogP) is 4.56. The molecule has 0 fully saturated rings. The fourth-order valence-corrected chi connectivity index (χ4v) is 2.40. The Morgan fingerprint density at radius 1 is 0.611 bits per heavy atom. The SMILES string of the molecule is C=CN1c2ccccc2N(C=C)c2ccccc21. The van der Waals surface area contributed by atoms with Crippen LogP contribution in [0.25, 0.3) is 0 Å². The highest BCUT2D eigenvalue weighted by Crippen LogP contribution is 2.47. The van der Waals surface area contributed by atoms with Gasteiger partial charge in [-0.2, -0.15) is 0 Å². The molecule has 1 aliphatic rings. The van der Waals surface area contributed by atoms with E-state index in [9.17, 15) is 0 Å². The third-order valence-corrected chi connectivity index (χ3v) is 3.17. The van der Waals surface area contributed by atoms with E-state index in [1.54, 1.807) is 0 Å². The maximum Gasteiger partial charge on any atom is 0.0697 e. The van der Waals surface area contributed by atoms with Gasteiger partial charge < -0.3 is 9.80 Å². The van der Waals surface area contributed by atoms with Gasteiger partial charge >= 0.3 is 0 Å². The second-order valence-corrected chi connectivity index (χ2v) is 4.08. The third kappa shape index (κ3) is 1.36. The van der Waals surface area contributed by atoms with E-state index in [-0.39, 0.29) is 0 Å². The van der Waals surface area contributed by atoms with Gasteiger partial charge in [0.25, 0.3) is 0 Å². The lowest BCUT2D eigenvalue weighted by molar-refractivity contribution is 1.17. The lowest BCUT2D eigenvalue weighted by atomic mass is 10.1. The maximum atomic E-state index is 3.91. The first-order valence-corrected chi connectivity index (χ1v) is 5.88. The molecule has 0 N–H and O–H groups in total. The van der Waals surface area contributed by atoms with E-state index in [0.717, 1.165) is 22.7 Å². The molecule has 0 saturated heterocycles. The van der Waals surface area contributed by atoms with Gasteiger partial charge in [-0.25, -0.2) is 0 Å². The van der Waals surface area contributed by atoms with Gasteiger partial charge in [-0.05, 0) is 24.3 Å². The lowest BCUT2D eigenvalue weighted by Crippen LogP contribution is -2.22. The van der Waals surface area contributed by atoms with Gasteiger partial charge in [-0.1, -0.05) is 37.4 Å². The molecule has 0 radical (unpaired) electrons. The summed E-state index contributed by atoms with van der Waals surface area (Å²) in [6.07, 6.45) is 3.69. The van der Waals surface area contributed by atoms with Gasteiger partial charge in [0.2, 0.25) is 0 Å². The zero-order chi connectivity index (χ0) is 12.5.